The molecule has 0 radical (unpaired) electrons. The van der Waals surface area contributed by atoms with Crippen LogP contribution in [0.1, 0.15) is 16.3 Å². The molecule has 0 spiro atoms. The Kier molecular flexibility index (Phi) is 6.15. The van der Waals surface area contributed by atoms with E-state index in [9.17, 15) is 4.79 Å². The molecule has 0 aliphatic heterocycles. The molecule has 9 heteroatoms. The summed E-state index contributed by atoms with van der Waals surface area (Å²) in [6, 6.07) is 16.4. The molecular formula is C20H11Br2ClN2O3S. The van der Waals surface area contributed by atoms with Crippen LogP contribution in [0.5, 0.6) is 0 Å². The summed E-state index contributed by atoms with van der Waals surface area (Å²) >= 11 is 14.2. The summed E-state index contributed by atoms with van der Waals surface area (Å²) in [5.74, 6) is 0.218. The van der Waals surface area contributed by atoms with Crippen molar-refractivity contribution in [3.8, 4) is 0 Å². The van der Waals surface area contributed by atoms with Gasteiger partial charge in [0.15, 0.2) is 10.9 Å². The Morgan fingerprint density at radius 3 is 2.66 bits per heavy atom. The van der Waals surface area contributed by atoms with Crippen LogP contribution >= 0.6 is 55.2 Å². The lowest BCUT2D eigenvalue weighted by Crippen LogP contribution is -2.16. The molecule has 0 saturated heterocycles. The Labute approximate surface area is 191 Å². The van der Waals surface area contributed by atoms with Gasteiger partial charge in [-0.1, -0.05) is 39.3 Å². The maximum Gasteiger partial charge on any atom is 0.307 e. The molecule has 0 unspecified atom stereocenters. The van der Waals surface area contributed by atoms with Gasteiger partial charge in [0.25, 0.3) is 0 Å². The number of hydrazone groups is 1. The van der Waals surface area contributed by atoms with Gasteiger partial charge in [0, 0.05) is 19.8 Å². The molecule has 2 aromatic heterocycles. The number of carbonyl (C=O) groups excluding carboxylic acids is 1. The number of hydrogen-bond donors (Lipinski definition) is 1. The highest BCUT2D eigenvalue weighted by molar-refractivity contribution is 9.11. The third-order valence-electron chi connectivity index (χ3n) is 3.75. The van der Waals surface area contributed by atoms with Crippen molar-refractivity contribution in [3.05, 3.63) is 80.1 Å². The minimum absolute atomic E-state index is 0.161. The Morgan fingerprint density at radius 2 is 1.86 bits per heavy atom. The molecule has 0 aliphatic rings. The van der Waals surface area contributed by atoms with Crippen molar-refractivity contribution < 1.29 is 13.6 Å². The van der Waals surface area contributed by atoms with Crippen molar-refractivity contribution in [1.82, 2.24) is 5.43 Å². The lowest BCUT2D eigenvalue weighted by atomic mass is 10.2. The van der Waals surface area contributed by atoms with Gasteiger partial charge in [-0.05, 0) is 70.5 Å². The highest BCUT2D eigenvalue weighted by atomic mass is 79.9. The van der Waals surface area contributed by atoms with E-state index < -0.39 is 5.91 Å². The predicted octanol–water partition coefficient (Wildman–Crippen LogP) is 7.12. The normalized spacial score (nSPS) is 11.4. The molecule has 1 amide bonds. The number of nitrogens with one attached hydrogen (secondary N) is 1. The SMILES string of the molecule is O=C(N/N=C\c1ccc(Sc2ccc(Cl)cc2)o1)c1cc2cc(Br)cc(Br)c2o1. The van der Waals surface area contributed by atoms with E-state index in [4.69, 9.17) is 20.4 Å². The standard InChI is InChI=1S/C20H11Br2ClN2O3S/c21-12-7-11-8-17(28-19(11)16(22)9-12)20(26)25-24-10-14-3-6-18(27-14)29-15-4-1-13(23)2-5-15/h1-10H,(H,25,26)/b24-10-. The van der Waals surface area contributed by atoms with Crippen LogP contribution in [-0.4, -0.2) is 12.1 Å². The molecule has 2 heterocycles. The molecule has 5 nitrogen and oxygen atoms in total. The summed E-state index contributed by atoms with van der Waals surface area (Å²) in [5.41, 5.74) is 3.03. The van der Waals surface area contributed by atoms with Gasteiger partial charge in [-0.25, -0.2) is 5.43 Å². The minimum atomic E-state index is -0.456. The van der Waals surface area contributed by atoms with Gasteiger partial charge in [0.2, 0.25) is 0 Å². The summed E-state index contributed by atoms with van der Waals surface area (Å²) in [6.45, 7) is 0. The van der Waals surface area contributed by atoms with Crippen LogP contribution < -0.4 is 5.43 Å². The van der Waals surface area contributed by atoms with Crippen molar-refractivity contribution in [1.29, 1.82) is 0 Å². The number of rotatable bonds is 5. The number of benzene rings is 2. The second-order valence-electron chi connectivity index (χ2n) is 5.83. The van der Waals surface area contributed by atoms with E-state index >= 15 is 0 Å². The lowest BCUT2D eigenvalue weighted by molar-refractivity contribution is 0.0929. The molecule has 0 fully saturated rings. The predicted molar refractivity (Wildman–Crippen MR) is 121 cm³/mol. The first-order valence-corrected chi connectivity index (χ1v) is 11.0. The second kappa shape index (κ2) is 8.79. The van der Waals surface area contributed by atoms with Crippen LogP contribution in [0.15, 0.2) is 87.5 Å². The Morgan fingerprint density at radius 1 is 1.07 bits per heavy atom. The van der Waals surface area contributed by atoms with E-state index in [0.717, 1.165) is 19.2 Å². The Balaban J connectivity index is 1.40. The van der Waals surface area contributed by atoms with Gasteiger partial charge in [0.1, 0.15) is 11.3 Å². The van der Waals surface area contributed by atoms with E-state index in [1.807, 2.05) is 42.5 Å². The third-order valence-corrected chi connectivity index (χ3v) is 5.98. The fourth-order valence-electron chi connectivity index (χ4n) is 2.47. The number of hydrogen-bond acceptors (Lipinski definition) is 5. The smallest absolute Gasteiger partial charge is 0.307 e. The molecule has 0 aliphatic carbocycles. The average Bonchev–Trinajstić information content (AvgIpc) is 3.30. The molecule has 0 saturated carbocycles. The fourth-order valence-corrected chi connectivity index (χ4v) is 4.72. The fraction of sp³-hybridized carbons (Fsp3) is 0. The molecule has 0 bridgehead atoms. The molecule has 4 rings (SSSR count). The van der Waals surface area contributed by atoms with Gasteiger partial charge in [0.05, 0.1) is 10.7 Å². The quantitative estimate of drug-likeness (QED) is 0.211. The summed E-state index contributed by atoms with van der Waals surface area (Å²) in [5, 5.41) is 6.12. The Hall–Kier alpha value is -2.00. The number of amides is 1. The zero-order chi connectivity index (χ0) is 20.4. The minimum Gasteiger partial charge on any atom is -0.450 e. The van der Waals surface area contributed by atoms with E-state index in [2.05, 4.69) is 42.4 Å². The second-order valence-corrected chi connectivity index (χ2v) is 9.11. The number of halogens is 3. The van der Waals surface area contributed by atoms with E-state index in [1.165, 1.54) is 18.0 Å². The Bertz CT molecular complexity index is 1220. The van der Waals surface area contributed by atoms with Crippen molar-refractivity contribution in [2.75, 3.05) is 0 Å². The number of furan rings is 2. The van der Waals surface area contributed by atoms with E-state index in [-0.39, 0.29) is 5.76 Å². The maximum absolute atomic E-state index is 12.3. The molecule has 2 aromatic carbocycles. The zero-order valence-corrected chi connectivity index (χ0v) is 19.2. The molecular weight excluding hydrogens is 544 g/mol. The van der Waals surface area contributed by atoms with Crippen molar-refractivity contribution in [3.63, 3.8) is 0 Å². The topological polar surface area (TPSA) is 67.7 Å². The summed E-state index contributed by atoms with van der Waals surface area (Å²) in [6.07, 6.45) is 1.43. The summed E-state index contributed by atoms with van der Waals surface area (Å²) in [7, 11) is 0. The van der Waals surface area contributed by atoms with Gasteiger partial charge in [-0.3, -0.25) is 4.79 Å². The first-order chi connectivity index (χ1) is 14.0. The molecule has 146 valence electrons. The van der Waals surface area contributed by atoms with E-state index in [1.54, 1.807) is 12.1 Å². The van der Waals surface area contributed by atoms with Crippen LogP contribution in [0.2, 0.25) is 5.02 Å². The summed E-state index contributed by atoms with van der Waals surface area (Å²) < 4.78 is 12.9. The van der Waals surface area contributed by atoms with Gasteiger partial charge >= 0.3 is 5.91 Å². The van der Waals surface area contributed by atoms with E-state index in [0.29, 0.717) is 21.5 Å². The lowest BCUT2D eigenvalue weighted by Gasteiger charge is -1.97. The van der Waals surface area contributed by atoms with Gasteiger partial charge < -0.3 is 8.83 Å². The van der Waals surface area contributed by atoms with Crippen LogP contribution in [0, 0.1) is 0 Å². The average molecular weight is 555 g/mol. The van der Waals surface area contributed by atoms with Crippen molar-refractivity contribution >= 4 is 78.3 Å². The van der Waals surface area contributed by atoms with Crippen molar-refractivity contribution in [2.24, 2.45) is 5.10 Å². The van der Waals surface area contributed by atoms with Crippen molar-refractivity contribution in [2.45, 2.75) is 9.99 Å². The number of carbonyl (C=O) groups is 1. The largest absolute Gasteiger partial charge is 0.450 e. The first kappa shape index (κ1) is 20.3. The van der Waals surface area contributed by atoms with Crippen LogP contribution in [0.25, 0.3) is 11.0 Å². The molecule has 29 heavy (non-hydrogen) atoms. The van der Waals surface area contributed by atoms with Crippen LogP contribution in [-0.2, 0) is 0 Å². The van der Waals surface area contributed by atoms with Gasteiger partial charge in [-0.2, -0.15) is 5.10 Å². The zero-order valence-electron chi connectivity index (χ0n) is 14.5. The first-order valence-electron chi connectivity index (χ1n) is 8.23. The highest BCUT2D eigenvalue weighted by Crippen LogP contribution is 2.31. The highest BCUT2D eigenvalue weighted by Gasteiger charge is 2.14. The number of fused-ring (bicyclic) bond motifs is 1. The number of nitrogens with zero attached hydrogens (tertiary/aromatic N) is 1. The van der Waals surface area contributed by atoms with Crippen LogP contribution in [0.3, 0.4) is 0 Å². The molecule has 0 atom stereocenters. The molecule has 1 N–H and O–H groups in total. The third kappa shape index (κ3) is 4.95. The summed E-state index contributed by atoms with van der Waals surface area (Å²) in [4.78, 5) is 13.3. The maximum atomic E-state index is 12.3. The van der Waals surface area contributed by atoms with Crippen LogP contribution in [0.4, 0.5) is 0 Å². The monoisotopic (exact) mass is 552 g/mol. The molecule has 4 aromatic rings. The van der Waals surface area contributed by atoms with Gasteiger partial charge in [-0.15, -0.1) is 0 Å².